The third kappa shape index (κ3) is 2.00. The van der Waals surface area contributed by atoms with Gasteiger partial charge in [-0.25, -0.2) is 0 Å². The summed E-state index contributed by atoms with van der Waals surface area (Å²) in [5.74, 6) is 0. The van der Waals surface area contributed by atoms with Gasteiger partial charge in [0.25, 0.3) is 0 Å². The number of hydrogen-bond donors (Lipinski definition) is 4. The third-order valence-corrected chi connectivity index (χ3v) is 2.29. The first-order valence-electron chi connectivity index (χ1n) is 4.33. The number of aliphatic hydroxyl groups is 4. The molecule has 1 aliphatic rings. The zero-order chi connectivity index (χ0) is 10.2. The number of aliphatic hydroxyl groups excluding tert-OH is 4. The maximum Gasteiger partial charge on any atom is 0.112 e. The molecule has 0 amide bonds. The van der Waals surface area contributed by atoms with Gasteiger partial charge in [0.15, 0.2) is 0 Å². The average molecular weight is 192 g/mol. The van der Waals surface area contributed by atoms with Crippen LogP contribution in [0.2, 0.25) is 0 Å². The van der Waals surface area contributed by atoms with Crippen LogP contribution in [0.3, 0.4) is 0 Å². The van der Waals surface area contributed by atoms with Crippen LogP contribution in [0.25, 0.3) is 0 Å². The van der Waals surface area contributed by atoms with E-state index in [2.05, 4.69) is 0 Å². The van der Waals surface area contributed by atoms with Gasteiger partial charge in [-0.2, -0.15) is 0 Å². The lowest BCUT2D eigenvalue weighted by Crippen LogP contribution is -2.39. The fourth-order valence-corrected chi connectivity index (χ4v) is 1.53. The van der Waals surface area contributed by atoms with Crippen molar-refractivity contribution in [1.82, 2.24) is 0 Å². The fraction of sp³-hybridized carbons (Fsp3) is 1.00. The molecule has 5 heteroatoms. The Morgan fingerprint density at radius 2 is 1.23 bits per heavy atom. The highest BCUT2D eigenvalue weighted by atomic mass is 16.6. The van der Waals surface area contributed by atoms with Gasteiger partial charge in [0.05, 0.1) is 12.2 Å². The minimum absolute atomic E-state index is 0.824. The average Bonchev–Trinajstić information content (AvgIpc) is 2.29. The van der Waals surface area contributed by atoms with Gasteiger partial charge in [0, 0.05) is 0 Å². The van der Waals surface area contributed by atoms with Crippen molar-refractivity contribution in [3.63, 3.8) is 0 Å². The molecule has 0 aliphatic carbocycles. The number of rotatable bonds is 2. The first-order chi connectivity index (χ1) is 5.95. The summed E-state index contributed by atoms with van der Waals surface area (Å²) in [7, 11) is 0. The van der Waals surface area contributed by atoms with Crippen molar-refractivity contribution in [1.29, 1.82) is 0 Å². The topological polar surface area (TPSA) is 90.2 Å². The molecule has 13 heavy (non-hydrogen) atoms. The van der Waals surface area contributed by atoms with Crippen LogP contribution in [-0.2, 0) is 4.74 Å². The van der Waals surface area contributed by atoms with Gasteiger partial charge < -0.3 is 25.2 Å². The van der Waals surface area contributed by atoms with Crippen molar-refractivity contribution in [2.45, 2.75) is 50.5 Å². The van der Waals surface area contributed by atoms with Gasteiger partial charge in [0.2, 0.25) is 0 Å². The van der Waals surface area contributed by atoms with E-state index in [0.717, 1.165) is 0 Å². The van der Waals surface area contributed by atoms with Crippen molar-refractivity contribution in [2.75, 3.05) is 0 Å². The molecule has 1 aliphatic heterocycles. The third-order valence-electron chi connectivity index (χ3n) is 2.29. The van der Waals surface area contributed by atoms with Crippen molar-refractivity contribution in [3.8, 4) is 0 Å². The lowest BCUT2D eigenvalue weighted by Gasteiger charge is -2.17. The Morgan fingerprint density at radius 3 is 1.38 bits per heavy atom. The van der Waals surface area contributed by atoms with Crippen LogP contribution in [0, 0.1) is 0 Å². The Balaban J connectivity index is 2.66. The van der Waals surface area contributed by atoms with Gasteiger partial charge in [-0.05, 0) is 13.8 Å². The van der Waals surface area contributed by atoms with E-state index in [9.17, 15) is 10.2 Å². The lowest BCUT2D eigenvalue weighted by molar-refractivity contribution is -0.0874. The number of ether oxygens (including phenoxy) is 1. The molecule has 1 unspecified atom stereocenters. The number of hydrogen-bond acceptors (Lipinski definition) is 5. The largest absolute Gasteiger partial charge is 0.391 e. The Bertz CT molecular complexity index is 152. The summed E-state index contributed by atoms with van der Waals surface area (Å²) in [5.41, 5.74) is 0. The SMILES string of the molecule is CC(O)[C@H]1O[C@H]([C@H](C)O)[C@@H](O)[C@@H]1O. The summed E-state index contributed by atoms with van der Waals surface area (Å²) in [4.78, 5) is 0. The van der Waals surface area contributed by atoms with E-state index in [4.69, 9.17) is 14.9 Å². The van der Waals surface area contributed by atoms with Crippen molar-refractivity contribution >= 4 is 0 Å². The van der Waals surface area contributed by atoms with Crippen molar-refractivity contribution < 1.29 is 25.2 Å². The summed E-state index contributed by atoms with van der Waals surface area (Å²) in [5, 5.41) is 37.1. The fourth-order valence-electron chi connectivity index (χ4n) is 1.53. The molecule has 1 heterocycles. The molecule has 0 aromatic heterocycles. The van der Waals surface area contributed by atoms with E-state index in [1.165, 1.54) is 13.8 Å². The summed E-state index contributed by atoms with van der Waals surface area (Å²) in [6, 6.07) is 0. The van der Waals surface area contributed by atoms with Crippen LogP contribution in [0.4, 0.5) is 0 Å². The summed E-state index contributed by atoms with van der Waals surface area (Å²) in [6.07, 6.45) is -5.66. The smallest absolute Gasteiger partial charge is 0.112 e. The standard InChI is InChI=1S/C8H16O5/c1-3(9)7-5(11)6(12)8(13-7)4(2)10/h3-12H,1-2H3/t3-,4?,5-,6-,7+,8+/m0/s1. The Kier molecular flexibility index (Phi) is 3.26. The quantitative estimate of drug-likeness (QED) is 0.416. The second-order valence-electron chi connectivity index (χ2n) is 3.53. The minimum Gasteiger partial charge on any atom is -0.391 e. The van der Waals surface area contributed by atoms with Crippen LogP contribution < -0.4 is 0 Å². The molecule has 1 saturated heterocycles. The van der Waals surface area contributed by atoms with Gasteiger partial charge >= 0.3 is 0 Å². The Hall–Kier alpha value is -0.200. The summed E-state index contributed by atoms with van der Waals surface area (Å²) >= 11 is 0. The predicted octanol–water partition coefficient (Wildman–Crippen LogP) is -1.76. The second kappa shape index (κ2) is 3.89. The van der Waals surface area contributed by atoms with Crippen molar-refractivity contribution in [2.24, 2.45) is 0 Å². The van der Waals surface area contributed by atoms with Crippen LogP contribution in [0.15, 0.2) is 0 Å². The van der Waals surface area contributed by atoms with Gasteiger partial charge in [-0.15, -0.1) is 0 Å². The van der Waals surface area contributed by atoms with E-state index in [1.807, 2.05) is 0 Å². The van der Waals surface area contributed by atoms with E-state index in [1.54, 1.807) is 0 Å². The first kappa shape index (κ1) is 10.9. The van der Waals surface area contributed by atoms with Gasteiger partial charge in [-0.1, -0.05) is 0 Å². The molecule has 78 valence electrons. The molecular weight excluding hydrogens is 176 g/mol. The van der Waals surface area contributed by atoms with Gasteiger partial charge in [-0.3, -0.25) is 0 Å². The maximum absolute atomic E-state index is 9.40. The van der Waals surface area contributed by atoms with Gasteiger partial charge in [0.1, 0.15) is 24.4 Å². The molecular formula is C8H16O5. The first-order valence-corrected chi connectivity index (χ1v) is 4.33. The molecule has 1 fully saturated rings. The molecule has 6 atom stereocenters. The van der Waals surface area contributed by atoms with Crippen LogP contribution in [-0.4, -0.2) is 57.0 Å². The van der Waals surface area contributed by atoms with E-state index in [-0.39, 0.29) is 0 Å². The summed E-state index contributed by atoms with van der Waals surface area (Å²) < 4.78 is 5.11. The van der Waals surface area contributed by atoms with Crippen molar-refractivity contribution in [3.05, 3.63) is 0 Å². The van der Waals surface area contributed by atoms with E-state index < -0.39 is 36.6 Å². The normalized spacial score (nSPS) is 44.8. The van der Waals surface area contributed by atoms with E-state index >= 15 is 0 Å². The highest BCUT2D eigenvalue weighted by Crippen LogP contribution is 2.25. The zero-order valence-electron chi connectivity index (χ0n) is 7.66. The molecule has 0 radical (unpaired) electrons. The highest BCUT2D eigenvalue weighted by molar-refractivity contribution is 4.94. The predicted molar refractivity (Wildman–Crippen MR) is 44.0 cm³/mol. The van der Waals surface area contributed by atoms with Crippen LogP contribution in [0.1, 0.15) is 13.8 Å². The highest BCUT2D eigenvalue weighted by Gasteiger charge is 2.46. The molecule has 0 bridgehead atoms. The summed E-state index contributed by atoms with van der Waals surface area (Å²) in [6.45, 7) is 2.93. The molecule has 5 nitrogen and oxygen atoms in total. The van der Waals surface area contributed by atoms with E-state index in [0.29, 0.717) is 0 Å². The second-order valence-corrected chi connectivity index (χ2v) is 3.53. The monoisotopic (exact) mass is 192 g/mol. The lowest BCUT2D eigenvalue weighted by atomic mass is 10.0. The molecule has 4 N–H and O–H groups in total. The molecule has 0 aromatic rings. The Labute approximate surface area is 76.6 Å². The Morgan fingerprint density at radius 1 is 0.923 bits per heavy atom. The maximum atomic E-state index is 9.40. The molecule has 0 saturated carbocycles. The van der Waals surface area contributed by atoms with Crippen LogP contribution >= 0.6 is 0 Å². The molecule has 0 aromatic carbocycles. The molecule has 1 rings (SSSR count). The minimum atomic E-state index is -1.14. The zero-order valence-corrected chi connectivity index (χ0v) is 7.66. The van der Waals surface area contributed by atoms with Crippen LogP contribution in [0.5, 0.6) is 0 Å². The molecule has 0 spiro atoms.